The van der Waals surface area contributed by atoms with Gasteiger partial charge in [-0.3, -0.25) is 9.79 Å². The van der Waals surface area contributed by atoms with Crippen LogP contribution < -0.4 is 5.32 Å². The Hall–Kier alpha value is -2.76. The fraction of sp³-hybridized carbons (Fsp3) is 0.455. The van der Waals surface area contributed by atoms with Crippen LogP contribution in [0.1, 0.15) is 40.9 Å². The van der Waals surface area contributed by atoms with Gasteiger partial charge in [0.1, 0.15) is 0 Å². The van der Waals surface area contributed by atoms with Gasteiger partial charge in [-0.1, -0.05) is 24.3 Å². The first-order valence-electron chi connectivity index (χ1n) is 10.1. The van der Waals surface area contributed by atoms with E-state index in [0.717, 1.165) is 32.0 Å². The van der Waals surface area contributed by atoms with Crippen LogP contribution in [-0.4, -0.2) is 60.4 Å². The number of nitrogens with one attached hydrogen (secondary N) is 1. The van der Waals surface area contributed by atoms with Crippen molar-refractivity contribution < 1.29 is 9.21 Å². The number of nitrogens with zero attached hydrogens (tertiary/aromatic N) is 3. The van der Waals surface area contributed by atoms with Crippen LogP contribution in [0.5, 0.6) is 0 Å². The standard InChI is InChI=1S/C22H28N4O2/c1-3-23-22(24-19-15-18(19)17-8-5-4-7-16(17)2)26-12-10-25(11-13-26)21(27)20-9-6-14-28-20/h4-9,14,18-19H,3,10-13,15H2,1-2H3,(H,23,24). The SMILES string of the molecule is CCN=C(NC1CC1c1ccccc1C)N1CCN(C(=O)c2ccco2)CC1. The van der Waals surface area contributed by atoms with Crippen molar-refractivity contribution in [3.63, 3.8) is 0 Å². The first-order chi connectivity index (χ1) is 13.7. The number of aryl methyl sites for hydroxylation is 1. The largest absolute Gasteiger partial charge is 0.459 e. The summed E-state index contributed by atoms with van der Waals surface area (Å²) in [4.78, 5) is 21.3. The predicted octanol–water partition coefficient (Wildman–Crippen LogP) is 2.87. The highest BCUT2D eigenvalue weighted by atomic mass is 16.3. The lowest BCUT2D eigenvalue weighted by molar-refractivity contribution is 0.0657. The third-order valence-electron chi connectivity index (χ3n) is 5.60. The maximum absolute atomic E-state index is 12.5. The van der Waals surface area contributed by atoms with Crippen LogP contribution in [-0.2, 0) is 0 Å². The number of furan rings is 1. The van der Waals surface area contributed by atoms with E-state index in [1.807, 2.05) is 4.90 Å². The third-order valence-corrected chi connectivity index (χ3v) is 5.60. The number of carbonyl (C=O) groups excluding carboxylic acids is 1. The zero-order valence-corrected chi connectivity index (χ0v) is 16.6. The van der Waals surface area contributed by atoms with Crippen LogP contribution in [0.3, 0.4) is 0 Å². The molecular formula is C22H28N4O2. The van der Waals surface area contributed by atoms with Crippen LogP contribution in [0.15, 0.2) is 52.1 Å². The van der Waals surface area contributed by atoms with Crippen LogP contribution >= 0.6 is 0 Å². The molecule has 6 nitrogen and oxygen atoms in total. The number of piperazine rings is 1. The number of benzene rings is 1. The van der Waals surface area contributed by atoms with Gasteiger partial charge in [-0.05, 0) is 43.5 Å². The Labute approximate surface area is 166 Å². The minimum absolute atomic E-state index is 0.0339. The molecule has 1 amide bonds. The summed E-state index contributed by atoms with van der Waals surface area (Å²) in [7, 11) is 0. The quantitative estimate of drug-likeness (QED) is 0.655. The first kappa shape index (κ1) is 18.6. The molecule has 1 aliphatic carbocycles. The third kappa shape index (κ3) is 3.91. The summed E-state index contributed by atoms with van der Waals surface area (Å²) in [6, 6.07) is 12.5. The lowest BCUT2D eigenvalue weighted by Gasteiger charge is -2.36. The second-order valence-electron chi connectivity index (χ2n) is 7.50. The summed E-state index contributed by atoms with van der Waals surface area (Å²) in [5.41, 5.74) is 2.79. The molecule has 148 valence electrons. The minimum Gasteiger partial charge on any atom is -0.459 e. The molecule has 1 aliphatic heterocycles. The fourth-order valence-electron chi connectivity index (χ4n) is 3.93. The van der Waals surface area contributed by atoms with Crippen molar-refractivity contribution >= 4 is 11.9 Å². The van der Waals surface area contributed by atoms with Crippen molar-refractivity contribution in [1.29, 1.82) is 0 Å². The summed E-state index contributed by atoms with van der Waals surface area (Å²) in [5.74, 6) is 1.90. The zero-order chi connectivity index (χ0) is 19.5. The number of aliphatic imine (C=N–C) groups is 1. The summed E-state index contributed by atoms with van der Waals surface area (Å²) in [5, 5.41) is 3.66. The molecule has 1 aromatic carbocycles. The molecule has 1 saturated carbocycles. The fourth-order valence-corrected chi connectivity index (χ4v) is 3.93. The van der Waals surface area contributed by atoms with Crippen molar-refractivity contribution in [2.75, 3.05) is 32.7 Å². The van der Waals surface area contributed by atoms with E-state index in [4.69, 9.17) is 9.41 Å². The summed E-state index contributed by atoms with van der Waals surface area (Å²) in [6.45, 7) is 7.90. The van der Waals surface area contributed by atoms with E-state index < -0.39 is 0 Å². The smallest absolute Gasteiger partial charge is 0.289 e. The van der Waals surface area contributed by atoms with Crippen molar-refractivity contribution in [1.82, 2.24) is 15.1 Å². The van der Waals surface area contributed by atoms with E-state index in [1.165, 1.54) is 11.1 Å². The van der Waals surface area contributed by atoms with Gasteiger partial charge in [0, 0.05) is 44.7 Å². The molecule has 1 saturated heterocycles. The van der Waals surface area contributed by atoms with Gasteiger partial charge in [0.05, 0.1) is 6.26 Å². The average Bonchev–Trinajstić information content (AvgIpc) is 3.25. The minimum atomic E-state index is -0.0339. The zero-order valence-electron chi connectivity index (χ0n) is 16.6. The molecule has 0 radical (unpaired) electrons. The van der Waals surface area contributed by atoms with Gasteiger partial charge < -0.3 is 19.5 Å². The number of hydrogen-bond acceptors (Lipinski definition) is 3. The molecule has 2 aliphatic rings. The normalized spacial score (nSPS) is 22.3. The molecule has 2 fully saturated rings. The lowest BCUT2D eigenvalue weighted by Crippen LogP contribution is -2.54. The van der Waals surface area contributed by atoms with Crippen molar-refractivity contribution in [2.45, 2.75) is 32.2 Å². The lowest BCUT2D eigenvalue weighted by atomic mass is 10.0. The molecular weight excluding hydrogens is 352 g/mol. The maximum Gasteiger partial charge on any atom is 0.289 e. The molecule has 1 N–H and O–H groups in total. The van der Waals surface area contributed by atoms with Crippen molar-refractivity contribution in [3.05, 3.63) is 59.5 Å². The van der Waals surface area contributed by atoms with E-state index in [1.54, 1.807) is 18.4 Å². The number of carbonyl (C=O) groups is 1. The van der Waals surface area contributed by atoms with E-state index in [9.17, 15) is 4.79 Å². The highest BCUT2D eigenvalue weighted by Crippen LogP contribution is 2.42. The first-order valence-corrected chi connectivity index (χ1v) is 10.1. The average molecular weight is 380 g/mol. The molecule has 2 atom stereocenters. The Morgan fingerprint density at radius 2 is 1.89 bits per heavy atom. The van der Waals surface area contributed by atoms with Crippen LogP contribution in [0.2, 0.25) is 0 Å². The number of hydrogen-bond donors (Lipinski definition) is 1. The Morgan fingerprint density at radius 3 is 2.57 bits per heavy atom. The number of guanidine groups is 1. The topological polar surface area (TPSA) is 61.1 Å². The molecule has 0 bridgehead atoms. The van der Waals surface area contributed by atoms with Crippen LogP contribution in [0.25, 0.3) is 0 Å². The van der Waals surface area contributed by atoms with Crippen LogP contribution in [0.4, 0.5) is 0 Å². The maximum atomic E-state index is 12.5. The number of rotatable bonds is 4. The molecule has 0 spiro atoms. The Balaban J connectivity index is 1.34. The van der Waals surface area contributed by atoms with E-state index in [2.05, 4.69) is 48.3 Å². The Bertz CT molecular complexity index is 838. The van der Waals surface area contributed by atoms with Gasteiger partial charge in [0.2, 0.25) is 0 Å². The Kier molecular flexibility index (Phi) is 5.37. The summed E-state index contributed by atoms with van der Waals surface area (Å²) >= 11 is 0. The second kappa shape index (κ2) is 8.09. The monoisotopic (exact) mass is 380 g/mol. The summed E-state index contributed by atoms with van der Waals surface area (Å²) < 4.78 is 5.24. The van der Waals surface area contributed by atoms with Gasteiger partial charge in [-0.25, -0.2) is 0 Å². The second-order valence-corrected chi connectivity index (χ2v) is 7.50. The van der Waals surface area contributed by atoms with Crippen molar-refractivity contribution in [2.24, 2.45) is 4.99 Å². The van der Waals surface area contributed by atoms with E-state index >= 15 is 0 Å². The number of amides is 1. The predicted molar refractivity (Wildman–Crippen MR) is 110 cm³/mol. The van der Waals surface area contributed by atoms with Gasteiger partial charge in [0.25, 0.3) is 5.91 Å². The van der Waals surface area contributed by atoms with Gasteiger partial charge >= 0.3 is 0 Å². The molecule has 6 heteroatoms. The highest BCUT2D eigenvalue weighted by molar-refractivity contribution is 5.91. The molecule has 2 aromatic rings. The van der Waals surface area contributed by atoms with Gasteiger partial charge in [-0.2, -0.15) is 0 Å². The molecule has 1 aromatic heterocycles. The van der Waals surface area contributed by atoms with E-state index in [-0.39, 0.29) is 5.91 Å². The molecule has 28 heavy (non-hydrogen) atoms. The Morgan fingerprint density at radius 1 is 1.14 bits per heavy atom. The van der Waals surface area contributed by atoms with Crippen molar-refractivity contribution in [3.8, 4) is 0 Å². The highest BCUT2D eigenvalue weighted by Gasteiger charge is 2.40. The van der Waals surface area contributed by atoms with Gasteiger partial charge in [0.15, 0.2) is 11.7 Å². The van der Waals surface area contributed by atoms with Crippen LogP contribution in [0, 0.1) is 6.92 Å². The summed E-state index contributed by atoms with van der Waals surface area (Å²) in [6.07, 6.45) is 2.68. The molecule has 2 unspecified atom stereocenters. The van der Waals surface area contributed by atoms with Gasteiger partial charge in [-0.15, -0.1) is 0 Å². The molecule has 2 heterocycles. The van der Waals surface area contributed by atoms with E-state index in [0.29, 0.717) is 30.8 Å². The molecule has 4 rings (SSSR count).